The third-order valence-corrected chi connectivity index (χ3v) is 5.62. The van der Waals surface area contributed by atoms with Gasteiger partial charge in [0.05, 0.1) is 9.83 Å². The van der Waals surface area contributed by atoms with Gasteiger partial charge in [-0.05, 0) is 70.5 Å². The molecule has 0 fully saturated rings. The number of alkyl halides is 3. The molecule has 0 saturated carbocycles. The molecule has 2 heterocycles. The molecular formula is C19H19BrF3N3O3S. The van der Waals surface area contributed by atoms with E-state index in [0.29, 0.717) is 13.0 Å². The molecule has 1 atom stereocenters. The molecule has 11 heteroatoms. The highest BCUT2D eigenvalue weighted by atomic mass is 79.9. The molecule has 0 spiro atoms. The third-order valence-electron chi connectivity index (χ3n) is 4.07. The number of nitrogens with two attached hydrogens (primary N) is 1. The summed E-state index contributed by atoms with van der Waals surface area (Å²) >= 11 is 5.04. The summed E-state index contributed by atoms with van der Waals surface area (Å²) in [7, 11) is 0. The second kappa shape index (κ2) is 10.1. The van der Waals surface area contributed by atoms with Crippen LogP contribution in [-0.4, -0.2) is 40.7 Å². The number of rotatable bonds is 5. The Labute approximate surface area is 182 Å². The summed E-state index contributed by atoms with van der Waals surface area (Å²) in [5.74, 6) is -2.81. The van der Waals surface area contributed by atoms with Crippen molar-refractivity contribution >= 4 is 55.7 Å². The van der Waals surface area contributed by atoms with Crippen LogP contribution in [0.25, 0.3) is 10.9 Å². The molecule has 0 aliphatic carbocycles. The van der Waals surface area contributed by atoms with E-state index in [9.17, 15) is 18.0 Å². The van der Waals surface area contributed by atoms with Crippen molar-refractivity contribution in [2.45, 2.75) is 25.6 Å². The normalized spacial score (nSPS) is 12.2. The zero-order valence-corrected chi connectivity index (χ0v) is 18.1. The van der Waals surface area contributed by atoms with E-state index in [-0.39, 0.29) is 5.91 Å². The Morgan fingerprint density at radius 3 is 2.50 bits per heavy atom. The van der Waals surface area contributed by atoms with Crippen LogP contribution in [0.1, 0.15) is 12.5 Å². The van der Waals surface area contributed by atoms with Crippen molar-refractivity contribution in [3.63, 3.8) is 0 Å². The monoisotopic (exact) mass is 505 g/mol. The fourth-order valence-electron chi connectivity index (χ4n) is 2.67. The Bertz CT molecular complexity index is 1020. The number of thiophene rings is 1. The van der Waals surface area contributed by atoms with E-state index >= 15 is 0 Å². The maximum atomic E-state index is 12.7. The summed E-state index contributed by atoms with van der Waals surface area (Å²) in [6.07, 6.45) is -2.64. The number of hydrogen-bond acceptors (Lipinski definition) is 4. The molecule has 6 nitrogen and oxygen atoms in total. The number of carbonyl (C=O) groups excluding carboxylic acids is 1. The number of amides is 1. The minimum atomic E-state index is -5.08. The molecule has 0 aliphatic heterocycles. The molecule has 0 radical (unpaired) electrons. The summed E-state index contributed by atoms with van der Waals surface area (Å²) in [5.41, 5.74) is 9.18. The molecule has 4 N–H and O–H groups in total. The predicted molar refractivity (Wildman–Crippen MR) is 114 cm³/mol. The van der Waals surface area contributed by atoms with E-state index in [1.54, 1.807) is 16.2 Å². The van der Waals surface area contributed by atoms with Crippen LogP contribution >= 0.6 is 27.3 Å². The minimum absolute atomic E-state index is 0.0512. The van der Waals surface area contributed by atoms with Crippen LogP contribution < -0.4 is 10.6 Å². The fourth-order valence-corrected chi connectivity index (χ4v) is 3.89. The molecule has 3 aromatic rings. The van der Waals surface area contributed by atoms with Gasteiger partial charge in [-0.1, -0.05) is 0 Å². The predicted octanol–water partition coefficient (Wildman–Crippen LogP) is 4.55. The molecule has 1 amide bonds. The molecule has 2 aromatic heterocycles. The molecule has 3 rings (SSSR count). The number of aliphatic carboxylic acids is 1. The first-order chi connectivity index (χ1) is 14.0. The number of H-pyrrole nitrogens is 1. The summed E-state index contributed by atoms with van der Waals surface area (Å²) < 4.78 is 32.8. The fraction of sp³-hybridized carbons (Fsp3) is 0.263. The zero-order valence-electron chi connectivity index (χ0n) is 15.7. The van der Waals surface area contributed by atoms with Gasteiger partial charge in [-0.3, -0.25) is 4.79 Å². The lowest BCUT2D eigenvalue weighted by Gasteiger charge is -2.24. The number of aromatic amines is 1. The summed E-state index contributed by atoms with van der Waals surface area (Å²) in [6, 6.07) is 9.43. The number of carboxylic acids is 1. The lowest BCUT2D eigenvalue weighted by molar-refractivity contribution is -0.192. The Kier molecular flexibility index (Phi) is 8.04. The Morgan fingerprint density at radius 1 is 1.30 bits per heavy atom. The van der Waals surface area contributed by atoms with Crippen molar-refractivity contribution < 1.29 is 27.9 Å². The van der Waals surface area contributed by atoms with Gasteiger partial charge in [0.15, 0.2) is 0 Å². The molecule has 30 heavy (non-hydrogen) atoms. The van der Waals surface area contributed by atoms with Crippen LogP contribution in [0, 0.1) is 0 Å². The van der Waals surface area contributed by atoms with Gasteiger partial charge in [0, 0.05) is 29.3 Å². The minimum Gasteiger partial charge on any atom is -0.475 e. The first kappa shape index (κ1) is 23.9. The Hall–Kier alpha value is -2.37. The van der Waals surface area contributed by atoms with E-state index in [2.05, 4.69) is 20.9 Å². The van der Waals surface area contributed by atoms with Crippen LogP contribution in [0.4, 0.5) is 18.9 Å². The second-order valence-electron chi connectivity index (χ2n) is 6.20. The smallest absolute Gasteiger partial charge is 0.475 e. The van der Waals surface area contributed by atoms with Crippen LogP contribution in [0.5, 0.6) is 0 Å². The van der Waals surface area contributed by atoms with Crippen LogP contribution in [0.3, 0.4) is 0 Å². The van der Waals surface area contributed by atoms with Crippen molar-refractivity contribution in [3.05, 3.63) is 51.3 Å². The number of benzene rings is 1. The molecular weight excluding hydrogens is 487 g/mol. The third kappa shape index (κ3) is 6.31. The molecule has 1 unspecified atom stereocenters. The average molecular weight is 506 g/mol. The molecule has 0 saturated heterocycles. The number of nitrogens with one attached hydrogen (secondary N) is 1. The van der Waals surface area contributed by atoms with Gasteiger partial charge in [0.25, 0.3) is 0 Å². The Morgan fingerprint density at radius 2 is 1.97 bits per heavy atom. The lowest BCUT2D eigenvalue weighted by Crippen LogP contribution is -2.45. The van der Waals surface area contributed by atoms with Gasteiger partial charge in [0.1, 0.15) is 0 Å². The maximum Gasteiger partial charge on any atom is 0.490 e. The van der Waals surface area contributed by atoms with E-state index in [1.807, 2.05) is 48.8 Å². The zero-order chi connectivity index (χ0) is 22.5. The van der Waals surface area contributed by atoms with Gasteiger partial charge in [0.2, 0.25) is 5.91 Å². The van der Waals surface area contributed by atoms with Crippen LogP contribution in [-0.2, 0) is 16.0 Å². The maximum absolute atomic E-state index is 12.7. The highest BCUT2D eigenvalue weighted by Crippen LogP contribution is 2.24. The second-order valence-corrected chi connectivity index (χ2v) is 8.49. The first-order valence-corrected chi connectivity index (χ1v) is 10.4. The largest absolute Gasteiger partial charge is 0.490 e. The van der Waals surface area contributed by atoms with Gasteiger partial charge in [-0.15, -0.1) is 11.3 Å². The standard InChI is InChI=1S/C17H18BrN3OS.C2HF3O2/c1-2-21(13-3-4-15-12(9-13)5-6-20-15)17(22)14(19)7-11-8-16(18)23-10-11;3-2(4,5)1(6)7/h3-6,8-10,14,20H,2,7,19H2,1H3;(H,6,7). The number of nitrogens with zero attached hydrogens (tertiary/aromatic N) is 1. The molecule has 162 valence electrons. The van der Waals surface area contributed by atoms with Gasteiger partial charge in [-0.2, -0.15) is 13.2 Å². The molecule has 0 aliphatic rings. The van der Waals surface area contributed by atoms with Crippen LogP contribution in [0.15, 0.2) is 45.7 Å². The van der Waals surface area contributed by atoms with Gasteiger partial charge in [-0.25, -0.2) is 4.79 Å². The number of aromatic nitrogens is 1. The van der Waals surface area contributed by atoms with E-state index < -0.39 is 18.2 Å². The van der Waals surface area contributed by atoms with Gasteiger partial charge < -0.3 is 20.7 Å². The number of halogens is 4. The van der Waals surface area contributed by atoms with Crippen molar-refractivity contribution in [1.29, 1.82) is 0 Å². The number of carboxylic acid groups (broad SMARTS) is 1. The quantitative estimate of drug-likeness (QED) is 0.473. The summed E-state index contributed by atoms with van der Waals surface area (Å²) in [4.78, 5) is 26.5. The van der Waals surface area contributed by atoms with Crippen molar-refractivity contribution in [2.24, 2.45) is 5.73 Å². The van der Waals surface area contributed by atoms with Crippen molar-refractivity contribution in [2.75, 3.05) is 11.4 Å². The van der Waals surface area contributed by atoms with Crippen molar-refractivity contribution in [3.8, 4) is 0 Å². The van der Waals surface area contributed by atoms with Crippen molar-refractivity contribution in [1.82, 2.24) is 4.98 Å². The highest BCUT2D eigenvalue weighted by molar-refractivity contribution is 9.11. The highest BCUT2D eigenvalue weighted by Gasteiger charge is 2.38. The number of carbonyl (C=O) groups is 2. The SMILES string of the molecule is CCN(C(=O)C(N)Cc1csc(Br)c1)c1ccc2[nH]ccc2c1.O=C(O)C(F)(F)F. The first-order valence-electron chi connectivity index (χ1n) is 8.70. The summed E-state index contributed by atoms with van der Waals surface area (Å²) in [6.45, 7) is 2.56. The summed E-state index contributed by atoms with van der Waals surface area (Å²) in [5, 5.41) is 10.2. The van der Waals surface area contributed by atoms with Gasteiger partial charge >= 0.3 is 12.1 Å². The lowest BCUT2D eigenvalue weighted by atomic mass is 10.1. The molecule has 1 aromatic carbocycles. The number of hydrogen-bond donors (Lipinski definition) is 3. The topological polar surface area (TPSA) is 99.4 Å². The number of likely N-dealkylation sites (N-methyl/N-ethyl adjacent to an activating group) is 1. The van der Waals surface area contributed by atoms with E-state index in [0.717, 1.165) is 25.9 Å². The molecule has 0 bridgehead atoms. The number of anilines is 1. The average Bonchev–Trinajstić information content (AvgIpc) is 3.30. The number of fused-ring (bicyclic) bond motifs is 1. The van der Waals surface area contributed by atoms with E-state index in [1.165, 1.54) is 0 Å². The van der Waals surface area contributed by atoms with Crippen LogP contribution in [0.2, 0.25) is 0 Å². The van der Waals surface area contributed by atoms with E-state index in [4.69, 9.17) is 15.6 Å². The Balaban J connectivity index is 0.000000396.